The highest BCUT2D eigenvalue weighted by Gasteiger charge is 2.27. The summed E-state index contributed by atoms with van der Waals surface area (Å²) in [6.45, 7) is 8.56. The Bertz CT molecular complexity index is 264. The van der Waals surface area contributed by atoms with Crippen molar-refractivity contribution in [3.63, 3.8) is 0 Å². The second-order valence-electron chi connectivity index (χ2n) is 4.38. The van der Waals surface area contributed by atoms with E-state index in [1.165, 1.54) is 0 Å². The van der Waals surface area contributed by atoms with Crippen LogP contribution >= 0.6 is 0 Å². The molecule has 1 atom stereocenters. The summed E-state index contributed by atoms with van der Waals surface area (Å²) >= 11 is 0. The molecule has 1 fully saturated rings. The Morgan fingerprint density at radius 3 is 2.71 bits per heavy atom. The standard InChI is InChI=1S/C12H23N3O2/c1-3-15(4-2)7-5-6-13-12(17)10-8-11(16)14-9-10/h10H,3-9H2,1-2H3,(H,13,17)(H,14,16). The van der Waals surface area contributed by atoms with Crippen molar-refractivity contribution in [1.82, 2.24) is 15.5 Å². The summed E-state index contributed by atoms with van der Waals surface area (Å²) < 4.78 is 0. The van der Waals surface area contributed by atoms with E-state index < -0.39 is 0 Å². The molecule has 0 aliphatic carbocycles. The van der Waals surface area contributed by atoms with Gasteiger partial charge in [-0.1, -0.05) is 13.8 Å². The van der Waals surface area contributed by atoms with E-state index in [2.05, 4.69) is 29.4 Å². The molecule has 2 amide bonds. The first-order valence-electron chi connectivity index (χ1n) is 6.44. The van der Waals surface area contributed by atoms with Crippen LogP contribution in [-0.4, -0.2) is 49.4 Å². The summed E-state index contributed by atoms with van der Waals surface area (Å²) in [5, 5.41) is 5.56. The third-order valence-electron chi connectivity index (χ3n) is 3.19. The molecule has 1 aliphatic heterocycles. The topological polar surface area (TPSA) is 61.4 Å². The number of hydrogen-bond donors (Lipinski definition) is 2. The summed E-state index contributed by atoms with van der Waals surface area (Å²) in [4.78, 5) is 24.9. The van der Waals surface area contributed by atoms with Gasteiger partial charge in [-0.15, -0.1) is 0 Å². The Balaban J connectivity index is 2.10. The van der Waals surface area contributed by atoms with Crippen molar-refractivity contribution >= 4 is 11.8 Å². The minimum atomic E-state index is -0.170. The van der Waals surface area contributed by atoms with Crippen LogP contribution in [0.4, 0.5) is 0 Å². The molecule has 1 rings (SSSR count). The first kappa shape index (κ1) is 14.0. The maximum atomic E-state index is 11.7. The van der Waals surface area contributed by atoms with Gasteiger partial charge in [-0.05, 0) is 26.1 Å². The molecular formula is C12H23N3O2. The molecular weight excluding hydrogens is 218 g/mol. The van der Waals surface area contributed by atoms with Gasteiger partial charge in [0.2, 0.25) is 11.8 Å². The Labute approximate surface area is 103 Å². The smallest absolute Gasteiger partial charge is 0.225 e. The minimum absolute atomic E-state index is 0.00268. The molecule has 1 saturated heterocycles. The number of carbonyl (C=O) groups is 2. The summed E-state index contributed by atoms with van der Waals surface area (Å²) in [5.74, 6) is -0.188. The van der Waals surface area contributed by atoms with E-state index in [4.69, 9.17) is 0 Å². The zero-order chi connectivity index (χ0) is 12.7. The predicted molar refractivity (Wildman–Crippen MR) is 66.5 cm³/mol. The van der Waals surface area contributed by atoms with Crippen LogP contribution in [-0.2, 0) is 9.59 Å². The lowest BCUT2D eigenvalue weighted by Crippen LogP contribution is -2.34. The lowest BCUT2D eigenvalue weighted by atomic mass is 10.1. The van der Waals surface area contributed by atoms with E-state index in [1.54, 1.807) is 0 Å². The molecule has 5 nitrogen and oxygen atoms in total. The van der Waals surface area contributed by atoms with Crippen LogP contribution in [0.5, 0.6) is 0 Å². The fourth-order valence-corrected chi connectivity index (χ4v) is 1.99. The van der Waals surface area contributed by atoms with Gasteiger partial charge >= 0.3 is 0 Å². The largest absolute Gasteiger partial charge is 0.356 e. The number of carbonyl (C=O) groups excluding carboxylic acids is 2. The highest BCUT2D eigenvalue weighted by molar-refractivity contribution is 5.89. The Hall–Kier alpha value is -1.10. The normalized spacial score (nSPS) is 19.5. The molecule has 0 aromatic heterocycles. The highest BCUT2D eigenvalue weighted by atomic mass is 16.2. The SMILES string of the molecule is CCN(CC)CCCNC(=O)C1CNC(=O)C1. The van der Waals surface area contributed by atoms with Gasteiger partial charge in [-0.3, -0.25) is 9.59 Å². The summed E-state index contributed by atoms with van der Waals surface area (Å²) in [5.41, 5.74) is 0. The number of nitrogens with one attached hydrogen (secondary N) is 2. The van der Waals surface area contributed by atoms with Gasteiger partial charge in [0.05, 0.1) is 5.92 Å². The predicted octanol–water partition coefficient (Wildman–Crippen LogP) is -0.0294. The average molecular weight is 241 g/mol. The number of amides is 2. The molecule has 0 aromatic carbocycles. The molecule has 0 spiro atoms. The van der Waals surface area contributed by atoms with E-state index >= 15 is 0 Å². The van der Waals surface area contributed by atoms with Gasteiger partial charge in [0.15, 0.2) is 0 Å². The van der Waals surface area contributed by atoms with Gasteiger partial charge < -0.3 is 15.5 Å². The second kappa shape index (κ2) is 7.27. The number of nitrogens with zero attached hydrogens (tertiary/aromatic N) is 1. The molecule has 0 radical (unpaired) electrons. The first-order valence-corrected chi connectivity index (χ1v) is 6.44. The van der Waals surface area contributed by atoms with E-state index in [-0.39, 0.29) is 17.7 Å². The van der Waals surface area contributed by atoms with Crippen LogP contribution in [0, 0.1) is 5.92 Å². The molecule has 98 valence electrons. The maximum absolute atomic E-state index is 11.7. The molecule has 0 aromatic rings. The van der Waals surface area contributed by atoms with Crippen LogP contribution in [0.25, 0.3) is 0 Å². The fourth-order valence-electron chi connectivity index (χ4n) is 1.99. The summed E-state index contributed by atoms with van der Waals surface area (Å²) in [6, 6.07) is 0. The number of rotatable bonds is 7. The third kappa shape index (κ3) is 4.73. The quantitative estimate of drug-likeness (QED) is 0.615. The molecule has 0 bridgehead atoms. The Morgan fingerprint density at radius 1 is 1.47 bits per heavy atom. The second-order valence-corrected chi connectivity index (χ2v) is 4.38. The van der Waals surface area contributed by atoms with Crippen molar-refractivity contribution in [2.24, 2.45) is 5.92 Å². The zero-order valence-corrected chi connectivity index (χ0v) is 10.8. The first-order chi connectivity index (χ1) is 8.17. The van der Waals surface area contributed by atoms with Gasteiger partial charge in [0, 0.05) is 19.5 Å². The average Bonchev–Trinajstić information content (AvgIpc) is 2.76. The van der Waals surface area contributed by atoms with E-state index in [0.29, 0.717) is 19.5 Å². The monoisotopic (exact) mass is 241 g/mol. The van der Waals surface area contributed by atoms with E-state index in [9.17, 15) is 9.59 Å². The lowest BCUT2D eigenvalue weighted by Gasteiger charge is -2.18. The highest BCUT2D eigenvalue weighted by Crippen LogP contribution is 2.08. The lowest BCUT2D eigenvalue weighted by molar-refractivity contribution is -0.126. The van der Waals surface area contributed by atoms with Crippen molar-refractivity contribution in [2.45, 2.75) is 26.7 Å². The summed E-state index contributed by atoms with van der Waals surface area (Å²) in [7, 11) is 0. The van der Waals surface area contributed by atoms with Crippen LogP contribution in [0.3, 0.4) is 0 Å². The van der Waals surface area contributed by atoms with Crippen LogP contribution < -0.4 is 10.6 Å². The van der Waals surface area contributed by atoms with Gasteiger partial charge in [-0.25, -0.2) is 0 Å². The molecule has 17 heavy (non-hydrogen) atoms. The van der Waals surface area contributed by atoms with Crippen molar-refractivity contribution in [1.29, 1.82) is 0 Å². The molecule has 1 heterocycles. The molecule has 1 aliphatic rings. The van der Waals surface area contributed by atoms with Crippen molar-refractivity contribution in [3.05, 3.63) is 0 Å². The maximum Gasteiger partial charge on any atom is 0.225 e. The fraction of sp³-hybridized carbons (Fsp3) is 0.833. The van der Waals surface area contributed by atoms with Crippen molar-refractivity contribution in [3.8, 4) is 0 Å². The molecule has 2 N–H and O–H groups in total. The molecule has 5 heteroatoms. The van der Waals surface area contributed by atoms with Crippen LogP contribution in [0.1, 0.15) is 26.7 Å². The minimum Gasteiger partial charge on any atom is -0.356 e. The zero-order valence-electron chi connectivity index (χ0n) is 10.8. The van der Waals surface area contributed by atoms with Gasteiger partial charge in [0.1, 0.15) is 0 Å². The summed E-state index contributed by atoms with van der Waals surface area (Å²) in [6.07, 6.45) is 1.30. The van der Waals surface area contributed by atoms with Gasteiger partial charge in [0.25, 0.3) is 0 Å². The van der Waals surface area contributed by atoms with E-state index in [1.807, 2.05) is 0 Å². The third-order valence-corrected chi connectivity index (χ3v) is 3.19. The van der Waals surface area contributed by atoms with Gasteiger partial charge in [-0.2, -0.15) is 0 Å². The van der Waals surface area contributed by atoms with Crippen molar-refractivity contribution < 1.29 is 9.59 Å². The Kier molecular flexibility index (Phi) is 5.97. The molecule has 0 saturated carbocycles. The number of hydrogen-bond acceptors (Lipinski definition) is 3. The molecule has 1 unspecified atom stereocenters. The Morgan fingerprint density at radius 2 is 2.18 bits per heavy atom. The van der Waals surface area contributed by atoms with Crippen LogP contribution in [0.15, 0.2) is 0 Å². The van der Waals surface area contributed by atoms with E-state index in [0.717, 1.165) is 26.1 Å². The van der Waals surface area contributed by atoms with Crippen molar-refractivity contribution in [2.75, 3.05) is 32.7 Å². The van der Waals surface area contributed by atoms with Crippen LogP contribution in [0.2, 0.25) is 0 Å².